The molecular formula is C22H20N10O. The van der Waals surface area contributed by atoms with Gasteiger partial charge in [-0.2, -0.15) is 10.2 Å². The van der Waals surface area contributed by atoms with Crippen LogP contribution in [0.2, 0.25) is 0 Å². The van der Waals surface area contributed by atoms with Crippen LogP contribution < -0.4 is 15.5 Å². The van der Waals surface area contributed by atoms with Crippen molar-refractivity contribution in [2.24, 2.45) is 0 Å². The number of hydrogen-bond donors (Lipinski definition) is 3. The standard InChI is InChI=1S/C22H20N10O/c33-22(29-15-9-24-19-6-8-28-32(19)12-15)23-7-5-14-11-31(18-4-2-1-3-16(14)18)21-17-10-27-30-20(17)25-13-26-21/h1-4,6,8-10,12-14H,5,7,11H2,(H2,23,29,33)(H,25,26,27,30). The van der Waals surface area contributed by atoms with Crippen LogP contribution in [0.5, 0.6) is 0 Å². The first-order chi connectivity index (χ1) is 16.3. The van der Waals surface area contributed by atoms with Crippen LogP contribution in [0, 0.1) is 0 Å². The summed E-state index contributed by atoms with van der Waals surface area (Å²) < 4.78 is 1.61. The molecule has 4 aromatic heterocycles. The Labute approximate surface area is 187 Å². The number of urea groups is 1. The molecule has 1 unspecified atom stereocenters. The zero-order valence-electron chi connectivity index (χ0n) is 17.5. The number of carbonyl (C=O) groups excluding carboxylic acids is 1. The number of fused-ring (bicyclic) bond motifs is 3. The maximum atomic E-state index is 12.4. The van der Waals surface area contributed by atoms with E-state index in [1.165, 1.54) is 5.56 Å². The van der Waals surface area contributed by atoms with Gasteiger partial charge in [-0.25, -0.2) is 24.3 Å². The summed E-state index contributed by atoms with van der Waals surface area (Å²) in [4.78, 5) is 27.6. The summed E-state index contributed by atoms with van der Waals surface area (Å²) in [6.07, 6.45) is 9.09. The van der Waals surface area contributed by atoms with Crippen LogP contribution in [0.25, 0.3) is 16.7 Å². The monoisotopic (exact) mass is 440 g/mol. The van der Waals surface area contributed by atoms with Gasteiger partial charge in [0.1, 0.15) is 12.1 Å². The van der Waals surface area contributed by atoms with Crippen molar-refractivity contribution >= 4 is 39.9 Å². The summed E-state index contributed by atoms with van der Waals surface area (Å²) >= 11 is 0. The van der Waals surface area contributed by atoms with Crippen molar-refractivity contribution in [1.82, 2.24) is 40.1 Å². The zero-order chi connectivity index (χ0) is 22.2. The van der Waals surface area contributed by atoms with Crippen molar-refractivity contribution < 1.29 is 4.79 Å². The van der Waals surface area contributed by atoms with Gasteiger partial charge in [0, 0.05) is 30.8 Å². The quantitative estimate of drug-likeness (QED) is 0.383. The van der Waals surface area contributed by atoms with E-state index < -0.39 is 0 Å². The molecule has 1 aliphatic heterocycles. The summed E-state index contributed by atoms with van der Waals surface area (Å²) in [5.74, 6) is 1.08. The largest absolute Gasteiger partial charge is 0.338 e. The molecule has 1 aromatic carbocycles. The molecule has 5 aromatic rings. The Balaban J connectivity index is 1.13. The number of anilines is 3. The lowest BCUT2D eigenvalue weighted by Crippen LogP contribution is -2.31. The molecule has 0 radical (unpaired) electrons. The van der Waals surface area contributed by atoms with Crippen LogP contribution in [-0.4, -0.2) is 53.9 Å². The second-order valence-electron chi connectivity index (χ2n) is 7.84. The molecular weight excluding hydrogens is 420 g/mol. The number of nitrogens with one attached hydrogen (secondary N) is 3. The number of nitrogens with zero attached hydrogens (tertiary/aromatic N) is 7. The number of aromatic nitrogens is 7. The molecule has 33 heavy (non-hydrogen) atoms. The van der Waals surface area contributed by atoms with E-state index in [0.717, 1.165) is 35.5 Å². The van der Waals surface area contributed by atoms with E-state index in [9.17, 15) is 4.79 Å². The van der Waals surface area contributed by atoms with Crippen LogP contribution in [0.4, 0.5) is 22.0 Å². The number of hydrogen-bond acceptors (Lipinski definition) is 7. The number of amides is 2. The van der Waals surface area contributed by atoms with Gasteiger partial charge in [-0.3, -0.25) is 5.10 Å². The van der Waals surface area contributed by atoms with Gasteiger partial charge < -0.3 is 15.5 Å². The highest BCUT2D eigenvalue weighted by Gasteiger charge is 2.30. The minimum absolute atomic E-state index is 0.250. The molecule has 11 heteroatoms. The molecule has 1 aliphatic rings. The van der Waals surface area contributed by atoms with Gasteiger partial charge in [-0.15, -0.1) is 0 Å². The van der Waals surface area contributed by atoms with E-state index >= 15 is 0 Å². The number of carbonyl (C=O) groups is 1. The molecule has 0 aliphatic carbocycles. The zero-order valence-corrected chi connectivity index (χ0v) is 17.5. The van der Waals surface area contributed by atoms with Crippen molar-refractivity contribution in [1.29, 1.82) is 0 Å². The van der Waals surface area contributed by atoms with Gasteiger partial charge >= 0.3 is 6.03 Å². The molecule has 5 heterocycles. The lowest BCUT2D eigenvalue weighted by Gasteiger charge is -2.19. The Hall–Kier alpha value is -4.54. The molecule has 0 spiro atoms. The number of benzene rings is 1. The summed E-state index contributed by atoms with van der Waals surface area (Å²) in [7, 11) is 0. The number of H-pyrrole nitrogens is 1. The Morgan fingerprint density at radius 1 is 1.15 bits per heavy atom. The number of rotatable bonds is 5. The topological polar surface area (TPSA) is 129 Å². The number of aromatic amines is 1. The van der Waals surface area contributed by atoms with Crippen LogP contribution in [0.1, 0.15) is 17.9 Å². The highest BCUT2D eigenvalue weighted by molar-refractivity contribution is 5.90. The third-order valence-electron chi connectivity index (χ3n) is 5.84. The maximum Gasteiger partial charge on any atom is 0.319 e. The maximum absolute atomic E-state index is 12.4. The first kappa shape index (κ1) is 19.2. The molecule has 3 N–H and O–H groups in total. The molecule has 1 atom stereocenters. The van der Waals surface area contributed by atoms with Gasteiger partial charge in [-0.1, -0.05) is 18.2 Å². The Morgan fingerprint density at radius 3 is 3.06 bits per heavy atom. The third-order valence-corrected chi connectivity index (χ3v) is 5.84. The molecule has 11 nitrogen and oxygen atoms in total. The van der Waals surface area contributed by atoms with Crippen molar-refractivity contribution in [3.05, 3.63) is 67.0 Å². The van der Waals surface area contributed by atoms with Crippen molar-refractivity contribution in [2.75, 3.05) is 23.3 Å². The van der Waals surface area contributed by atoms with Gasteiger partial charge in [0.25, 0.3) is 0 Å². The normalized spacial score (nSPS) is 15.2. The van der Waals surface area contributed by atoms with Crippen molar-refractivity contribution in [2.45, 2.75) is 12.3 Å². The molecule has 0 fully saturated rings. The average Bonchev–Trinajstić information content (AvgIpc) is 3.57. The molecule has 2 amide bonds. The fraction of sp³-hybridized carbons (Fsp3) is 0.182. The van der Waals surface area contributed by atoms with Crippen LogP contribution in [0.3, 0.4) is 0 Å². The second-order valence-corrected chi connectivity index (χ2v) is 7.84. The van der Waals surface area contributed by atoms with E-state index in [1.807, 2.05) is 12.1 Å². The molecule has 0 saturated carbocycles. The smallest absolute Gasteiger partial charge is 0.319 e. The Kier molecular flexibility index (Phi) is 4.57. The van der Waals surface area contributed by atoms with Crippen LogP contribution in [-0.2, 0) is 0 Å². The molecule has 0 bridgehead atoms. The molecule has 6 rings (SSSR count). The first-order valence-corrected chi connectivity index (χ1v) is 10.6. The third kappa shape index (κ3) is 3.49. The Morgan fingerprint density at radius 2 is 2.09 bits per heavy atom. The van der Waals surface area contributed by atoms with E-state index in [0.29, 0.717) is 17.9 Å². The van der Waals surface area contributed by atoms with E-state index in [-0.39, 0.29) is 11.9 Å². The fourth-order valence-corrected chi connectivity index (χ4v) is 4.32. The minimum atomic E-state index is -0.276. The van der Waals surface area contributed by atoms with Crippen LogP contribution >= 0.6 is 0 Å². The minimum Gasteiger partial charge on any atom is -0.338 e. The molecule has 164 valence electrons. The molecule has 0 saturated heterocycles. The lowest BCUT2D eigenvalue weighted by atomic mass is 9.98. The van der Waals surface area contributed by atoms with Gasteiger partial charge in [0.05, 0.1) is 35.9 Å². The van der Waals surface area contributed by atoms with Gasteiger partial charge in [-0.05, 0) is 18.1 Å². The first-order valence-electron chi connectivity index (χ1n) is 10.6. The van der Waals surface area contributed by atoms with Gasteiger partial charge in [0.15, 0.2) is 11.3 Å². The summed E-state index contributed by atoms with van der Waals surface area (Å²) in [5.41, 5.74) is 4.37. The van der Waals surface area contributed by atoms with Crippen LogP contribution in [0.15, 0.2) is 61.4 Å². The second kappa shape index (κ2) is 7.86. The average molecular weight is 440 g/mol. The SMILES string of the molecule is O=C(NCCC1CN(c2ncnc3[nH]ncc23)c2ccccc21)Nc1cnc2ccnn2c1. The van der Waals surface area contributed by atoms with Gasteiger partial charge in [0.2, 0.25) is 0 Å². The van der Waals surface area contributed by atoms with E-state index in [2.05, 4.69) is 57.9 Å². The highest BCUT2D eigenvalue weighted by atomic mass is 16.2. The summed E-state index contributed by atoms with van der Waals surface area (Å²) in [6.45, 7) is 1.29. The predicted molar refractivity (Wildman–Crippen MR) is 122 cm³/mol. The predicted octanol–water partition coefficient (Wildman–Crippen LogP) is 2.84. The summed E-state index contributed by atoms with van der Waals surface area (Å²) in [6, 6.07) is 9.83. The van der Waals surface area contributed by atoms with E-state index in [1.54, 1.807) is 41.7 Å². The summed E-state index contributed by atoms with van der Waals surface area (Å²) in [5, 5.41) is 17.8. The lowest BCUT2D eigenvalue weighted by molar-refractivity contribution is 0.251. The fourth-order valence-electron chi connectivity index (χ4n) is 4.32. The Bertz CT molecular complexity index is 1460. The van der Waals surface area contributed by atoms with Crippen molar-refractivity contribution in [3.63, 3.8) is 0 Å². The number of para-hydroxylation sites is 1. The van der Waals surface area contributed by atoms with Crippen molar-refractivity contribution in [3.8, 4) is 0 Å². The van der Waals surface area contributed by atoms with E-state index in [4.69, 9.17) is 0 Å². The highest BCUT2D eigenvalue weighted by Crippen LogP contribution is 2.42.